The molecule has 0 atom stereocenters. The number of nitrogens with one attached hydrogen (secondary N) is 1. The van der Waals surface area contributed by atoms with E-state index < -0.39 is 0 Å². The summed E-state index contributed by atoms with van der Waals surface area (Å²) >= 11 is 0. The maximum absolute atomic E-state index is 5.74. The van der Waals surface area contributed by atoms with Crippen LogP contribution in [0.4, 0.5) is 5.82 Å². The molecule has 0 amide bonds. The molecule has 3 rings (SSSR count). The third-order valence-electron chi connectivity index (χ3n) is 2.96. The van der Waals surface area contributed by atoms with E-state index in [0.29, 0.717) is 31.4 Å². The second-order valence-electron chi connectivity index (χ2n) is 4.26. The maximum Gasteiger partial charge on any atom is 0.171 e. The van der Waals surface area contributed by atoms with Crippen LogP contribution < -0.4 is 15.2 Å². The Labute approximate surface area is 110 Å². The van der Waals surface area contributed by atoms with Gasteiger partial charge in [0.25, 0.3) is 0 Å². The van der Waals surface area contributed by atoms with Gasteiger partial charge in [-0.2, -0.15) is 5.10 Å². The Morgan fingerprint density at radius 1 is 1.37 bits per heavy atom. The minimum atomic E-state index is 0.438. The van der Waals surface area contributed by atoms with Crippen molar-refractivity contribution >= 4 is 5.82 Å². The second kappa shape index (κ2) is 4.81. The molecular weight excluding hydrogens is 246 g/mol. The average molecular weight is 261 g/mol. The van der Waals surface area contributed by atoms with Crippen LogP contribution in [0.25, 0.3) is 11.3 Å². The molecule has 6 nitrogen and oxygen atoms in total. The third-order valence-corrected chi connectivity index (χ3v) is 2.96. The lowest BCUT2D eigenvalue weighted by molar-refractivity contribution is 0.168. The smallest absolute Gasteiger partial charge is 0.171 e. The number of benzene rings is 1. The van der Waals surface area contributed by atoms with Gasteiger partial charge in [-0.3, -0.25) is 5.10 Å². The van der Waals surface area contributed by atoms with Crippen molar-refractivity contribution in [3.63, 3.8) is 0 Å². The van der Waals surface area contributed by atoms with Gasteiger partial charge in [-0.15, -0.1) is 0 Å². The topological polar surface area (TPSA) is 82.4 Å². The molecule has 100 valence electrons. The van der Waals surface area contributed by atoms with E-state index in [0.717, 1.165) is 22.6 Å². The number of anilines is 1. The summed E-state index contributed by atoms with van der Waals surface area (Å²) in [6.45, 7) is 1.56. The highest BCUT2D eigenvalue weighted by molar-refractivity contribution is 5.76. The highest BCUT2D eigenvalue weighted by Crippen LogP contribution is 2.42. The van der Waals surface area contributed by atoms with E-state index in [2.05, 4.69) is 10.2 Å². The summed E-state index contributed by atoms with van der Waals surface area (Å²) in [5, 5.41) is 6.86. The van der Waals surface area contributed by atoms with E-state index in [1.165, 1.54) is 0 Å². The van der Waals surface area contributed by atoms with Crippen LogP contribution in [-0.4, -0.2) is 30.5 Å². The summed E-state index contributed by atoms with van der Waals surface area (Å²) in [5.41, 5.74) is 8.36. The summed E-state index contributed by atoms with van der Waals surface area (Å²) < 4.78 is 16.6. The van der Waals surface area contributed by atoms with Gasteiger partial charge >= 0.3 is 0 Å². The Kier molecular flexibility index (Phi) is 3.00. The Hall–Kier alpha value is -2.21. The predicted molar refractivity (Wildman–Crippen MR) is 70.1 cm³/mol. The minimum absolute atomic E-state index is 0.438. The average Bonchev–Trinajstić information content (AvgIpc) is 2.85. The fraction of sp³-hybridized carbons (Fsp3) is 0.308. The van der Waals surface area contributed by atoms with Gasteiger partial charge in [0.2, 0.25) is 0 Å². The van der Waals surface area contributed by atoms with Gasteiger partial charge in [0.15, 0.2) is 11.5 Å². The quantitative estimate of drug-likeness (QED) is 0.876. The van der Waals surface area contributed by atoms with Gasteiger partial charge in [-0.25, -0.2) is 0 Å². The minimum Gasteiger partial charge on any atom is -0.486 e. The van der Waals surface area contributed by atoms with Gasteiger partial charge in [0.1, 0.15) is 19.0 Å². The molecule has 2 heterocycles. The summed E-state index contributed by atoms with van der Waals surface area (Å²) in [6, 6.07) is 5.63. The molecule has 0 unspecified atom stereocenters. The monoisotopic (exact) mass is 261 g/mol. The molecule has 1 aliphatic rings. The lowest BCUT2D eigenvalue weighted by Crippen LogP contribution is -2.16. The van der Waals surface area contributed by atoms with Crippen LogP contribution in [0.1, 0.15) is 5.56 Å². The first-order valence-electron chi connectivity index (χ1n) is 6.01. The zero-order chi connectivity index (χ0) is 13.2. The van der Waals surface area contributed by atoms with Crippen LogP contribution in [0.15, 0.2) is 18.2 Å². The molecule has 1 aliphatic heterocycles. The molecule has 0 saturated carbocycles. The fourth-order valence-corrected chi connectivity index (χ4v) is 2.19. The Bertz CT molecular complexity index is 595. The van der Waals surface area contributed by atoms with Crippen LogP contribution in [0.3, 0.4) is 0 Å². The Balaban J connectivity index is 2.17. The first kappa shape index (κ1) is 11.9. The number of hydrogen-bond acceptors (Lipinski definition) is 5. The van der Waals surface area contributed by atoms with Crippen molar-refractivity contribution in [2.75, 3.05) is 26.1 Å². The van der Waals surface area contributed by atoms with Gasteiger partial charge in [-0.05, 0) is 11.6 Å². The van der Waals surface area contributed by atoms with E-state index in [1.54, 1.807) is 13.2 Å². The lowest BCUT2D eigenvalue weighted by atomic mass is 10.0. The Morgan fingerprint density at radius 3 is 2.95 bits per heavy atom. The highest BCUT2D eigenvalue weighted by Gasteiger charge is 2.21. The highest BCUT2D eigenvalue weighted by atomic mass is 16.6. The first-order valence-corrected chi connectivity index (χ1v) is 6.01. The number of nitrogens with two attached hydrogens (primary N) is 1. The normalized spacial score (nSPS) is 13.5. The molecule has 0 saturated heterocycles. The summed E-state index contributed by atoms with van der Waals surface area (Å²) in [5.74, 6) is 1.88. The number of aromatic amines is 1. The van der Waals surface area contributed by atoms with Crippen molar-refractivity contribution in [1.82, 2.24) is 10.2 Å². The van der Waals surface area contributed by atoms with Crippen LogP contribution in [0.2, 0.25) is 0 Å². The van der Waals surface area contributed by atoms with Gasteiger partial charge < -0.3 is 19.9 Å². The maximum atomic E-state index is 5.74. The fourth-order valence-electron chi connectivity index (χ4n) is 2.19. The van der Waals surface area contributed by atoms with Crippen LogP contribution in [0.5, 0.6) is 11.5 Å². The summed E-state index contributed by atoms with van der Waals surface area (Å²) in [7, 11) is 1.65. The van der Waals surface area contributed by atoms with E-state index in [-0.39, 0.29) is 0 Å². The van der Waals surface area contributed by atoms with Crippen molar-refractivity contribution < 1.29 is 14.2 Å². The van der Waals surface area contributed by atoms with E-state index in [4.69, 9.17) is 19.9 Å². The van der Waals surface area contributed by atoms with Gasteiger partial charge in [0.05, 0.1) is 17.9 Å². The number of rotatable bonds is 3. The Morgan fingerprint density at radius 2 is 2.21 bits per heavy atom. The van der Waals surface area contributed by atoms with Crippen molar-refractivity contribution in [2.24, 2.45) is 0 Å². The SMILES string of the molecule is COCc1ccc2c(c1-c1cc(N)n[nH]1)OCCO2. The van der Waals surface area contributed by atoms with E-state index >= 15 is 0 Å². The number of hydrogen-bond donors (Lipinski definition) is 2. The standard InChI is InChI=1S/C13H15N3O3/c1-17-7-8-2-3-10-13(19-5-4-18-10)12(8)9-6-11(14)16-15-9/h2-3,6H,4-5,7H2,1H3,(H3,14,15,16). The lowest BCUT2D eigenvalue weighted by Gasteiger charge is -2.22. The number of H-pyrrole nitrogens is 1. The third kappa shape index (κ3) is 2.10. The van der Waals surface area contributed by atoms with Crippen LogP contribution in [0, 0.1) is 0 Å². The summed E-state index contributed by atoms with van der Waals surface area (Å²) in [4.78, 5) is 0. The van der Waals surface area contributed by atoms with Crippen LogP contribution >= 0.6 is 0 Å². The molecule has 0 fully saturated rings. The van der Waals surface area contributed by atoms with Crippen molar-refractivity contribution in [1.29, 1.82) is 0 Å². The van der Waals surface area contributed by atoms with Crippen molar-refractivity contribution in [2.45, 2.75) is 6.61 Å². The molecule has 1 aromatic carbocycles. The van der Waals surface area contributed by atoms with E-state index in [9.17, 15) is 0 Å². The number of methoxy groups -OCH3 is 1. The van der Waals surface area contributed by atoms with Gasteiger partial charge in [0, 0.05) is 13.2 Å². The molecule has 19 heavy (non-hydrogen) atoms. The number of aromatic nitrogens is 2. The van der Waals surface area contributed by atoms with E-state index in [1.807, 2.05) is 12.1 Å². The predicted octanol–water partition coefficient (Wildman–Crippen LogP) is 1.58. The largest absolute Gasteiger partial charge is 0.486 e. The molecule has 0 spiro atoms. The molecule has 0 bridgehead atoms. The molecule has 2 aromatic rings. The zero-order valence-electron chi connectivity index (χ0n) is 10.6. The van der Waals surface area contributed by atoms with Crippen LogP contribution in [-0.2, 0) is 11.3 Å². The van der Waals surface area contributed by atoms with Crippen molar-refractivity contribution in [3.8, 4) is 22.8 Å². The first-order chi connectivity index (χ1) is 9.29. The second-order valence-corrected chi connectivity index (χ2v) is 4.26. The van der Waals surface area contributed by atoms with Gasteiger partial charge in [-0.1, -0.05) is 6.07 Å². The number of ether oxygens (including phenoxy) is 3. The zero-order valence-corrected chi connectivity index (χ0v) is 10.6. The molecule has 0 radical (unpaired) electrons. The number of fused-ring (bicyclic) bond motifs is 1. The summed E-state index contributed by atoms with van der Waals surface area (Å²) in [6.07, 6.45) is 0. The number of nitrogens with zero attached hydrogens (tertiary/aromatic N) is 1. The molecular formula is C13H15N3O3. The molecule has 3 N–H and O–H groups in total. The van der Waals surface area contributed by atoms with Crippen molar-refractivity contribution in [3.05, 3.63) is 23.8 Å². The molecule has 0 aliphatic carbocycles. The number of nitrogen functional groups attached to an aromatic ring is 1. The molecule has 6 heteroatoms. The molecule has 1 aromatic heterocycles.